The Kier molecular flexibility index (Phi) is 5.73. The Bertz CT molecular complexity index is 735. The highest BCUT2D eigenvalue weighted by Crippen LogP contribution is 2.17. The van der Waals surface area contributed by atoms with Crippen molar-refractivity contribution in [2.75, 3.05) is 7.05 Å². The van der Waals surface area contributed by atoms with Gasteiger partial charge in [0.15, 0.2) is 11.8 Å². The summed E-state index contributed by atoms with van der Waals surface area (Å²) in [6.45, 7) is 5.83. The number of rotatable bonds is 4. The van der Waals surface area contributed by atoms with E-state index >= 15 is 0 Å². The van der Waals surface area contributed by atoms with Gasteiger partial charge in [0, 0.05) is 36.4 Å². The summed E-state index contributed by atoms with van der Waals surface area (Å²) in [6, 6.07) is 8.60. The Morgan fingerprint density at radius 2 is 2.12 bits per heavy atom. The van der Waals surface area contributed by atoms with Gasteiger partial charge in [0.2, 0.25) is 0 Å². The van der Waals surface area contributed by atoms with Gasteiger partial charge in [-0.05, 0) is 24.1 Å². The fourth-order valence-corrected chi connectivity index (χ4v) is 3.13. The summed E-state index contributed by atoms with van der Waals surface area (Å²) in [4.78, 5) is 8.99. The molecule has 1 aliphatic heterocycles. The van der Waals surface area contributed by atoms with Crippen molar-refractivity contribution in [1.29, 1.82) is 0 Å². The van der Waals surface area contributed by atoms with Gasteiger partial charge >= 0.3 is 0 Å². The molecule has 0 spiro atoms. The Labute approximate surface area is 157 Å². The number of halogens is 1. The van der Waals surface area contributed by atoms with Crippen molar-refractivity contribution in [3.63, 3.8) is 0 Å². The first-order valence-electron chi connectivity index (χ1n) is 8.70. The Hall–Kier alpha value is -1.89. The molecule has 1 atom stereocenters. The Balaban J connectivity index is 1.56. The molecule has 1 unspecified atom stereocenters. The van der Waals surface area contributed by atoms with Crippen LogP contribution in [-0.2, 0) is 19.5 Å². The molecule has 0 amide bonds. The molecule has 0 radical (unpaired) electrons. The van der Waals surface area contributed by atoms with Crippen LogP contribution in [0, 0.1) is 0 Å². The predicted molar refractivity (Wildman–Crippen MR) is 104 cm³/mol. The third kappa shape index (κ3) is 4.60. The molecule has 1 aromatic heterocycles. The van der Waals surface area contributed by atoms with E-state index in [0.29, 0.717) is 12.0 Å². The number of aryl methyl sites for hydroxylation is 1. The predicted octanol–water partition coefficient (Wildman–Crippen LogP) is 2.84. The molecular weight excluding hydrogens is 380 g/mol. The number of aromatic nitrogens is 3. The second kappa shape index (κ2) is 7.99. The molecule has 2 heterocycles. The zero-order valence-electron chi connectivity index (χ0n) is 15.0. The van der Waals surface area contributed by atoms with Crippen molar-refractivity contribution in [3.8, 4) is 0 Å². The Morgan fingerprint density at radius 3 is 2.80 bits per heavy atom. The van der Waals surface area contributed by atoms with E-state index < -0.39 is 0 Å². The molecule has 7 heteroatoms. The van der Waals surface area contributed by atoms with E-state index in [0.717, 1.165) is 48.0 Å². The topological polar surface area (TPSA) is 67.1 Å². The maximum Gasteiger partial charge on any atom is 0.191 e. The highest BCUT2D eigenvalue weighted by atomic mass is 79.9. The van der Waals surface area contributed by atoms with Crippen LogP contribution in [-0.4, -0.2) is 33.8 Å². The molecule has 2 aromatic rings. The smallest absolute Gasteiger partial charge is 0.191 e. The van der Waals surface area contributed by atoms with E-state index in [-0.39, 0.29) is 0 Å². The lowest BCUT2D eigenvalue weighted by Crippen LogP contribution is -2.46. The summed E-state index contributed by atoms with van der Waals surface area (Å²) >= 11 is 3.46. The summed E-state index contributed by atoms with van der Waals surface area (Å²) in [6.07, 6.45) is 1.98. The molecule has 3 rings (SSSR count). The van der Waals surface area contributed by atoms with Crippen molar-refractivity contribution in [2.45, 2.75) is 51.7 Å². The summed E-state index contributed by atoms with van der Waals surface area (Å²) < 4.78 is 3.13. The van der Waals surface area contributed by atoms with Gasteiger partial charge in [0.05, 0.1) is 6.54 Å². The molecule has 1 aromatic carbocycles. The molecule has 134 valence electrons. The van der Waals surface area contributed by atoms with Gasteiger partial charge in [0.1, 0.15) is 5.82 Å². The van der Waals surface area contributed by atoms with Crippen LogP contribution >= 0.6 is 15.9 Å². The molecule has 0 aliphatic carbocycles. The third-order valence-corrected chi connectivity index (χ3v) is 4.86. The van der Waals surface area contributed by atoms with Crippen LogP contribution in [0.15, 0.2) is 33.7 Å². The lowest BCUT2D eigenvalue weighted by atomic mass is 10.1. The molecular formula is C18H25BrN6. The van der Waals surface area contributed by atoms with E-state index in [1.165, 1.54) is 5.56 Å². The van der Waals surface area contributed by atoms with Gasteiger partial charge in [0.25, 0.3) is 0 Å². The van der Waals surface area contributed by atoms with Crippen molar-refractivity contribution < 1.29 is 0 Å². The Morgan fingerprint density at radius 1 is 1.36 bits per heavy atom. The van der Waals surface area contributed by atoms with Crippen LogP contribution in [0.3, 0.4) is 0 Å². The molecule has 2 N–H and O–H groups in total. The van der Waals surface area contributed by atoms with Crippen LogP contribution in [0.4, 0.5) is 0 Å². The minimum Gasteiger partial charge on any atom is -0.352 e. The lowest BCUT2D eigenvalue weighted by Gasteiger charge is -2.25. The fraction of sp³-hybridized carbons (Fsp3) is 0.500. The van der Waals surface area contributed by atoms with Gasteiger partial charge in [-0.15, -0.1) is 0 Å². The van der Waals surface area contributed by atoms with Crippen LogP contribution in [0.1, 0.15) is 43.4 Å². The number of hydrogen-bond donors (Lipinski definition) is 2. The van der Waals surface area contributed by atoms with E-state index in [2.05, 4.69) is 67.6 Å². The van der Waals surface area contributed by atoms with Crippen molar-refractivity contribution in [3.05, 3.63) is 46.0 Å². The van der Waals surface area contributed by atoms with Crippen LogP contribution in [0.25, 0.3) is 0 Å². The number of aliphatic imine (C=N–C) groups is 1. The monoisotopic (exact) mass is 404 g/mol. The second-order valence-electron chi connectivity index (χ2n) is 6.66. The minimum absolute atomic E-state index is 0.310. The SMILES string of the molecule is CN=C(NCc1ccc(Br)cc1)NC1CCc2nc(C(C)C)nn2C1. The fourth-order valence-electron chi connectivity index (χ4n) is 2.87. The van der Waals surface area contributed by atoms with E-state index in [1.807, 2.05) is 16.8 Å². The molecule has 6 nitrogen and oxygen atoms in total. The van der Waals surface area contributed by atoms with Crippen LogP contribution in [0.5, 0.6) is 0 Å². The average Bonchev–Trinajstić information content (AvgIpc) is 3.03. The third-order valence-electron chi connectivity index (χ3n) is 4.33. The van der Waals surface area contributed by atoms with Gasteiger partial charge < -0.3 is 10.6 Å². The second-order valence-corrected chi connectivity index (χ2v) is 7.57. The summed E-state index contributed by atoms with van der Waals surface area (Å²) in [5, 5.41) is 11.5. The molecule has 0 saturated carbocycles. The highest BCUT2D eigenvalue weighted by Gasteiger charge is 2.23. The first kappa shape index (κ1) is 17.9. The van der Waals surface area contributed by atoms with E-state index in [4.69, 9.17) is 0 Å². The molecule has 1 aliphatic rings. The van der Waals surface area contributed by atoms with E-state index in [9.17, 15) is 0 Å². The van der Waals surface area contributed by atoms with Crippen molar-refractivity contribution >= 4 is 21.9 Å². The summed E-state index contributed by atoms with van der Waals surface area (Å²) in [5.41, 5.74) is 1.22. The summed E-state index contributed by atoms with van der Waals surface area (Å²) in [7, 11) is 1.80. The number of nitrogens with zero attached hydrogens (tertiary/aromatic N) is 4. The quantitative estimate of drug-likeness (QED) is 0.607. The normalized spacial score (nSPS) is 17.5. The summed E-state index contributed by atoms with van der Waals surface area (Å²) in [5.74, 6) is 3.22. The maximum absolute atomic E-state index is 4.64. The number of guanidine groups is 1. The number of fused-ring (bicyclic) bond motifs is 1. The highest BCUT2D eigenvalue weighted by molar-refractivity contribution is 9.10. The number of hydrogen-bond acceptors (Lipinski definition) is 3. The van der Waals surface area contributed by atoms with Gasteiger partial charge in [-0.25, -0.2) is 9.67 Å². The first-order chi connectivity index (χ1) is 12.0. The van der Waals surface area contributed by atoms with Gasteiger partial charge in [-0.2, -0.15) is 5.10 Å². The first-order valence-corrected chi connectivity index (χ1v) is 9.49. The van der Waals surface area contributed by atoms with Crippen molar-refractivity contribution in [2.24, 2.45) is 4.99 Å². The van der Waals surface area contributed by atoms with Gasteiger partial charge in [-0.1, -0.05) is 41.9 Å². The molecule has 25 heavy (non-hydrogen) atoms. The van der Waals surface area contributed by atoms with Gasteiger partial charge in [-0.3, -0.25) is 4.99 Å². The van der Waals surface area contributed by atoms with E-state index in [1.54, 1.807) is 7.05 Å². The van der Waals surface area contributed by atoms with Crippen molar-refractivity contribution in [1.82, 2.24) is 25.4 Å². The molecule has 0 fully saturated rings. The average molecular weight is 405 g/mol. The maximum atomic E-state index is 4.64. The molecule has 0 saturated heterocycles. The lowest BCUT2D eigenvalue weighted by molar-refractivity contribution is 0.391. The van der Waals surface area contributed by atoms with Crippen LogP contribution in [0.2, 0.25) is 0 Å². The zero-order valence-corrected chi connectivity index (χ0v) is 16.5. The number of benzene rings is 1. The van der Waals surface area contributed by atoms with Crippen LogP contribution < -0.4 is 10.6 Å². The number of nitrogens with one attached hydrogen (secondary N) is 2. The standard InChI is InChI=1S/C18H25BrN6/c1-12(2)17-23-16-9-8-15(11-25(16)24-17)22-18(20-3)21-10-13-4-6-14(19)7-5-13/h4-7,12,15H,8-11H2,1-3H3,(H2,20,21,22). The largest absolute Gasteiger partial charge is 0.352 e. The molecule has 0 bridgehead atoms. The minimum atomic E-state index is 0.310. The zero-order chi connectivity index (χ0) is 17.8.